The van der Waals surface area contributed by atoms with Crippen LogP contribution in [0.3, 0.4) is 0 Å². The highest BCUT2D eigenvalue weighted by Crippen LogP contribution is 2.29. The number of hydrogen-bond acceptors (Lipinski definition) is 8. The van der Waals surface area contributed by atoms with Gasteiger partial charge in [0.1, 0.15) is 31.8 Å². The first-order chi connectivity index (χ1) is 26.4. The van der Waals surface area contributed by atoms with Gasteiger partial charge >= 0.3 is 23.9 Å². The Labute approximate surface area is 339 Å². The average Bonchev–Trinajstić information content (AvgIpc) is 3.15. The van der Waals surface area contributed by atoms with E-state index in [0.717, 1.165) is 22.3 Å². The highest BCUT2D eigenvalue weighted by molar-refractivity contribution is 5.91. The standard InChI is InChI=1S/C49H60O8/c1-45(2,3)37-21-13-17-33(25-37)41(50)54-29-49(30-55-42(51)34-18-14-22-38(26-34)46(4,5)6,31-56-43(52)35-19-15-23-39(27-35)47(7,8)9)32-57-44(53)36-20-16-24-40(28-36)48(10,11)12/h13-28H,29-32H2,1-12H3. The molecule has 0 N–H and O–H groups in total. The van der Waals surface area contributed by atoms with Gasteiger partial charge < -0.3 is 18.9 Å². The molecule has 0 aliphatic heterocycles. The number of carbonyl (C=O) groups excluding carboxylic acids is 4. The molecule has 0 fully saturated rings. The molecule has 0 aliphatic carbocycles. The fourth-order valence-electron chi connectivity index (χ4n) is 5.91. The molecule has 0 aliphatic rings. The summed E-state index contributed by atoms with van der Waals surface area (Å²) in [5.74, 6) is -2.54. The molecule has 4 aromatic carbocycles. The van der Waals surface area contributed by atoms with Crippen LogP contribution in [0.25, 0.3) is 0 Å². The van der Waals surface area contributed by atoms with Crippen molar-refractivity contribution < 1.29 is 38.1 Å². The zero-order valence-corrected chi connectivity index (χ0v) is 35.8. The highest BCUT2D eigenvalue weighted by Gasteiger charge is 2.39. The molecule has 0 spiro atoms. The number of hydrogen-bond donors (Lipinski definition) is 0. The normalized spacial score (nSPS) is 12.4. The quantitative estimate of drug-likeness (QED) is 0.103. The van der Waals surface area contributed by atoms with Crippen molar-refractivity contribution in [1.82, 2.24) is 0 Å². The molecule has 0 amide bonds. The molecule has 8 nitrogen and oxygen atoms in total. The predicted molar refractivity (Wildman–Crippen MR) is 224 cm³/mol. The van der Waals surface area contributed by atoms with Crippen LogP contribution in [0.5, 0.6) is 0 Å². The number of rotatable bonds is 12. The summed E-state index contributed by atoms with van der Waals surface area (Å²) < 4.78 is 23.8. The summed E-state index contributed by atoms with van der Waals surface area (Å²) in [5, 5.41) is 0. The maximum Gasteiger partial charge on any atom is 0.338 e. The summed E-state index contributed by atoms with van der Waals surface area (Å²) in [4.78, 5) is 54.8. The zero-order valence-electron chi connectivity index (χ0n) is 35.8. The van der Waals surface area contributed by atoms with Crippen molar-refractivity contribution in [1.29, 1.82) is 0 Å². The SMILES string of the molecule is CC(C)(C)c1cccc(C(=O)OCC(COC(=O)c2cccc(C(C)(C)C)c2)(COC(=O)c2cccc(C(C)(C)C)c2)COC(=O)c2cccc(C(C)(C)C)c2)c1. The van der Waals surface area contributed by atoms with Gasteiger partial charge in [-0.2, -0.15) is 0 Å². The van der Waals surface area contributed by atoms with E-state index in [1.165, 1.54) is 0 Å². The predicted octanol–water partition coefficient (Wildman–Crippen LogP) is 10.6. The van der Waals surface area contributed by atoms with Gasteiger partial charge in [0, 0.05) is 0 Å². The number of carbonyl (C=O) groups is 4. The molecular formula is C49H60O8. The first-order valence-electron chi connectivity index (χ1n) is 19.5. The van der Waals surface area contributed by atoms with E-state index in [9.17, 15) is 19.2 Å². The van der Waals surface area contributed by atoms with Gasteiger partial charge in [-0.25, -0.2) is 19.2 Å². The van der Waals surface area contributed by atoms with E-state index in [-0.39, 0.29) is 21.7 Å². The Hall–Kier alpha value is -5.24. The first kappa shape index (κ1) is 44.5. The molecule has 4 aromatic rings. The lowest BCUT2D eigenvalue weighted by Crippen LogP contribution is -2.44. The largest absolute Gasteiger partial charge is 0.461 e. The van der Waals surface area contributed by atoms with Crippen LogP contribution in [-0.2, 0) is 40.6 Å². The Bertz CT molecular complexity index is 1760. The molecule has 4 rings (SSSR count). The fraction of sp³-hybridized carbons (Fsp3) is 0.429. The lowest BCUT2D eigenvalue weighted by atomic mass is 9.86. The minimum absolute atomic E-state index is 0.227. The van der Waals surface area contributed by atoms with E-state index >= 15 is 0 Å². The monoisotopic (exact) mass is 776 g/mol. The van der Waals surface area contributed by atoms with Gasteiger partial charge in [-0.05, 0) is 92.4 Å². The maximum absolute atomic E-state index is 13.7. The Morgan fingerprint density at radius 2 is 0.544 bits per heavy atom. The second kappa shape index (κ2) is 17.5. The van der Waals surface area contributed by atoms with E-state index in [2.05, 4.69) is 0 Å². The zero-order chi connectivity index (χ0) is 42.4. The molecule has 0 bridgehead atoms. The van der Waals surface area contributed by atoms with Crippen molar-refractivity contribution in [3.8, 4) is 0 Å². The second-order valence-electron chi connectivity index (χ2n) is 19.1. The molecule has 0 saturated carbocycles. The van der Waals surface area contributed by atoms with Crippen molar-refractivity contribution in [2.75, 3.05) is 26.4 Å². The Balaban J connectivity index is 1.73. The topological polar surface area (TPSA) is 105 Å². The average molecular weight is 777 g/mol. The third-order valence-electron chi connectivity index (χ3n) is 9.89. The highest BCUT2D eigenvalue weighted by atomic mass is 16.6. The van der Waals surface area contributed by atoms with Gasteiger partial charge in [0.15, 0.2) is 0 Å². The minimum Gasteiger partial charge on any atom is -0.461 e. The van der Waals surface area contributed by atoms with Gasteiger partial charge in [-0.1, -0.05) is 132 Å². The van der Waals surface area contributed by atoms with E-state index < -0.39 is 55.7 Å². The van der Waals surface area contributed by atoms with Crippen LogP contribution in [0.2, 0.25) is 0 Å². The van der Waals surface area contributed by atoms with Crippen LogP contribution in [0, 0.1) is 5.41 Å². The van der Waals surface area contributed by atoms with Crippen LogP contribution >= 0.6 is 0 Å². The van der Waals surface area contributed by atoms with Gasteiger partial charge in [-0.3, -0.25) is 0 Å². The molecule has 304 valence electrons. The molecule has 0 heterocycles. The summed E-state index contributed by atoms with van der Waals surface area (Å²) in [5.41, 5.74) is 2.61. The Morgan fingerprint density at radius 3 is 0.719 bits per heavy atom. The molecule has 0 saturated heterocycles. The Morgan fingerprint density at radius 1 is 0.351 bits per heavy atom. The molecule has 8 heteroatoms. The molecule has 0 atom stereocenters. The summed E-state index contributed by atoms with van der Waals surface area (Å²) in [6, 6.07) is 28.7. The number of ether oxygens (including phenoxy) is 4. The smallest absolute Gasteiger partial charge is 0.338 e. The van der Waals surface area contributed by atoms with E-state index in [1.807, 2.05) is 107 Å². The van der Waals surface area contributed by atoms with Crippen molar-refractivity contribution in [2.45, 2.75) is 105 Å². The fourth-order valence-corrected chi connectivity index (χ4v) is 5.91. The van der Waals surface area contributed by atoms with Gasteiger partial charge in [-0.15, -0.1) is 0 Å². The lowest BCUT2D eigenvalue weighted by Gasteiger charge is -2.32. The third kappa shape index (κ3) is 12.4. The van der Waals surface area contributed by atoms with Crippen LogP contribution in [0.4, 0.5) is 0 Å². The summed E-state index contributed by atoms with van der Waals surface area (Å²) in [7, 11) is 0. The molecular weight excluding hydrogens is 717 g/mol. The van der Waals surface area contributed by atoms with Gasteiger partial charge in [0.2, 0.25) is 0 Å². The van der Waals surface area contributed by atoms with Crippen LogP contribution in [-0.4, -0.2) is 50.3 Å². The van der Waals surface area contributed by atoms with E-state index in [0.29, 0.717) is 22.3 Å². The molecule has 57 heavy (non-hydrogen) atoms. The van der Waals surface area contributed by atoms with Crippen molar-refractivity contribution in [3.05, 3.63) is 142 Å². The van der Waals surface area contributed by atoms with Crippen molar-refractivity contribution >= 4 is 23.9 Å². The third-order valence-corrected chi connectivity index (χ3v) is 9.89. The van der Waals surface area contributed by atoms with Crippen molar-refractivity contribution in [2.24, 2.45) is 5.41 Å². The van der Waals surface area contributed by atoms with Crippen LogP contribution in [0.1, 0.15) is 147 Å². The maximum atomic E-state index is 13.7. The van der Waals surface area contributed by atoms with E-state index in [1.54, 1.807) is 72.8 Å². The summed E-state index contributed by atoms with van der Waals surface area (Å²) in [6.45, 7) is 22.9. The first-order valence-corrected chi connectivity index (χ1v) is 19.5. The van der Waals surface area contributed by atoms with Crippen LogP contribution < -0.4 is 0 Å². The second-order valence-corrected chi connectivity index (χ2v) is 19.1. The van der Waals surface area contributed by atoms with Crippen molar-refractivity contribution in [3.63, 3.8) is 0 Å². The van der Waals surface area contributed by atoms with Crippen LogP contribution in [0.15, 0.2) is 97.1 Å². The molecule has 0 radical (unpaired) electrons. The minimum atomic E-state index is -1.51. The molecule has 0 aromatic heterocycles. The number of esters is 4. The van der Waals surface area contributed by atoms with Gasteiger partial charge in [0.25, 0.3) is 0 Å². The molecule has 0 unspecified atom stereocenters. The number of benzene rings is 4. The van der Waals surface area contributed by atoms with E-state index in [4.69, 9.17) is 18.9 Å². The van der Waals surface area contributed by atoms with Gasteiger partial charge in [0.05, 0.1) is 22.3 Å². The Kier molecular flexibility index (Phi) is 13.7. The summed E-state index contributed by atoms with van der Waals surface area (Å²) in [6.07, 6.45) is 0. The summed E-state index contributed by atoms with van der Waals surface area (Å²) >= 11 is 0. The lowest BCUT2D eigenvalue weighted by molar-refractivity contribution is -0.0642.